The van der Waals surface area contributed by atoms with Gasteiger partial charge in [0.1, 0.15) is 0 Å². The van der Waals surface area contributed by atoms with Crippen molar-refractivity contribution in [1.29, 1.82) is 0 Å². The third kappa shape index (κ3) is 2.87. The van der Waals surface area contributed by atoms with E-state index in [1.165, 1.54) is 5.69 Å². The van der Waals surface area contributed by atoms with Crippen LogP contribution in [-0.4, -0.2) is 39.6 Å². The van der Waals surface area contributed by atoms with Gasteiger partial charge in [0.05, 0.1) is 18.2 Å². The summed E-state index contributed by atoms with van der Waals surface area (Å²) in [4.78, 5) is 25.9. The monoisotopic (exact) mass is 304 g/mol. The molecule has 1 aromatic rings. The van der Waals surface area contributed by atoms with Gasteiger partial charge in [-0.2, -0.15) is 5.10 Å². The van der Waals surface area contributed by atoms with Gasteiger partial charge < -0.3 is 10.2 Å². The van der Waals surface area contributed by atoms with Crippen LogP contribution < -0.4 is 5.32 Å². The maximum atomic E-state index is 12.6. The lowest BCUT2D eigenvalue weighted by molar-refractivity contribution is -0.134. The highest BCUT2D eigenvalue weighted by Crippen LogP contribution is 2.30. The highest BCUT2D eigenvalue weighted by atomic mass is 16.2. The maximum Gasteiger partial charge on any atom is 0.225 e. The van der Waals surface area contributed by atoms with Crippen LogP contribution in [0.3, 0.4) is 0 Å². The van der Waals surface area contributed by atoms with Crippen molar-refractivity contribution in [3.05, 3.63) is 17.5 Å². The van der Waals surface area contributed by atoms with Crippen LogP contribution in [0.25, 0.3) is 0 Å². The topological polar surface area (TPSA) is 67.2 Å². The lowest BCUT2D eigenvalue weighted by Crippen LogP contribution is -2.45. The Balaban J connectivity index is 1.66. The van der Waals surface area contributed by atoms with E-state index in [4.69, 9.17) is 0 Å². The molecule has 1 N–H and O–H groups in total. The van der Waals surface area contributed by atoms with E-state index in [2.05, 4.69) is 10.4 Å². The predicted octanol–water partition coefficient (Wildman–Crippen LogP) is 1.17. The highest BCUT2D eigenvalue weighted by Gasteiger charge is 2.30. The fourth-order valence-corrected chi connectivity index (χ4v) is 3.62. The summed E-state index contributed by atoms with van der Waals surface area (Å²) < 4.78 is 1.91. The summed E-state index contributed by atoms with van der Waals surface area (Å²) in [5, 5.41) is 7.50. The molecule has 0 saturated carbocycles. The predicted molar refractivity (Wildman–Crippen MR) is 82.0 cm³/mol. The Morgan fingerprint density at radius 2 is 2.14 bits per heavy atom. The van der Waals surface area contributed by atoms with Crippen molar-refractivity contribution in [1.82, 2.24) is 20.0 Å². The van der Waals surface area contributed by atoms with E-state index in [9.17, 15) is 9.59 Å². The summed E-state index contributed by atoms with van der Waals surface area (Å²) in [6.07, 6.45) is 6.71. The number of carbonyl (C=O) groups excluding carboxylic acids is 2. The fourth-order valence-electron chi connectivity index (χ4n) is 3.62. The van der Waals surface area contributed by atoms with Gasteiger partial charge in [0.2, 0.25) is 11.8 Å². The standard InChI is InChI=1S/C16H24N4O2/c1-11(21)20-8-4-5-12(10-20)16(22)18-14-6-3-7-15-13(14)9-17-19(15)2/h9,12,14H,3-8,10H2,1-2H3,(H,18,22)/t12-,14+/m0/s1. The van der Waals surface area contributed by atoms with E-state index >= 15 is 0 Å². The van der Waals surface area contributed by atoms with Crippen molar-refractivity contribution in [2.75, 3.05) is 13.1 Å². The minimum Gasteiger partial charge on any atom is -0.349 e. The summed E-state index contributed by atoms with van der Waals surface area (Å²) in [5.41, 5.74) is 2.38. The van der Waals surface area contributed by atoms with Gasteiger partial charge in [0.25, 0.3) is 0 Å². The Morgan fingerprint density at radius 1 is 1.32 bits per heavy atom. The number of aryl methyl sites for hydroxylation is 1. The molecule has 1 aromatic heterocycles. The van der Waals surface area contributed by atoms with Crippen LogP contribution in [0.15, 0.2) is 6.20 Å². The maximum absolute atomic E-state index is 12.6. The van der Waals surface area contributed by atoms with E-state index in [0.717, 1.165) is 44.2 Å². The van der Waals surface area contributed by atoms with Crippen molar-refractivity contribution < 1.29 is 9.59 Å². The lowest BCUT2D eigenvalue weighted by atomic mass is 9.91. The van der Waals surface area contributed by atoms with Crippen LogP contribution in [0.2, 0.25) is 0 Å². The van der Waals surface area contributed by atoms with Crippen molar-refractivity contribution in [3.63, 3.8) is 0 Å². The second kappa shape index (κ2) is 6.10. The van der Waals surface area contributed by atoms with Crippen LogP contribution in [0, 0.1) is 5.92 Å². The molecule has 2 atom stereocenters. The van der Waals surface area contributed by atoms with Crippen molar-refractivity contribution in [2.24, 2.45) is 13.0 Å². The number of aromatic nitrogens is 2. The number of nitrogens with one attached hydrogen (secondary N) is 1. The Morgan fingerprint density at radius 3 is 2.91 bits per heavy atom. The zero-order valence-electron chi connectivity index (χ0n) is 13.3. The van der Waals surface area contributed by atoms with Gasteiger partial charge in [-0.05, 0) is 32.1 Å². The average Bonchev–Trinajstić information content (AvgIpc) is 2.90. The molecule has 0 aromatic carbocycles. The number of likely N-dealkylation sites (tertiary alicyclic amines) is 1. The van der Waals surface area contributed by atoms with Crippen LogP contribution in [0.5, 0.6) is 0 Å². The molecular weight excluding hydrogens is 280 g/mol. The third-order valence-electron chi connectivity index (χ3n) is 4.93. The van der Waals surface area contributed by atoms with Gasteiger partial charge in [0, 0.05) is 38.3 Å². The zero-order valence-corrected chi connectivity index (χ0v) is 13.3. The van der Waals surface area contributed by atoms with Crippen molar-refractivity contribution >= 4 is 11.8 Å². The molecule has 2 aliphatic rings. The summed E-state index contributed by atoms with van der Waals surface area (Å²) in [5.74, 6) is 0.0528. The van der Waals surface area contributed by atoms with Crippen molar-refractivity contribution in [3.8, 4) is 0 Å². The molecule has 1 saturated heterocycles. The molecule has 22 heavy (non-hydrogen) atoms. The minimum absolute atomic E-state index is 0.0599. The first-order valence-corrected chi connectivity index (χ1v) is 8.13. The van der Waals surface area contributed by atoms with E-state index in [0.29, 0.717) is 6.54 Å². The number of amides is 2. The molecule has 2 amide bonds. The van der Waals surface area contributed by atoms with Gasteiger partial charge in [-0.1, -0.05) is 0 Å². The molecule has 1 aliphatic heterocycles. The summed E-state index contributed by atoms with van der Waals surface area (Å²) in [7, 11) is 1.95. The minimum atomic E-state index is -0.0836. The third-order valence-corrected chi connectivity index (χ3v) is 4.93. The van der Waals surface area contributed by atoms with Crippen LogP contribution >= 0.6 is 0 Å². The van der Waals surface area contributed by atoms with E-state index in [1.807, 2.05) is 17.9 Å². The Kier molecular flexibility index (Phi) is 4.18. The molecule has 1 fully saturated rings. The van der Waals surface area contributed by atoms with Crippen molar-refractivity contribution in [2.45, 2.75) is 45.1 Å². The molecule has 0 radical (unpaired) electrons. The summed E-state index contributed by atoms with van der Waals surface area (Å²) >= 11 is 0. The molecule has 0 spiro atoms. The summed E-state index contributed by atoms with van der Waals surface area (Å²) in [6, 6.07) is 0.0673. The first-order chi connectivity index (χ1) is 10.6. The summed E-state index contributed by atoms with van der Waals surface area (Å²) in [6.45, 7) is 2.90. The molecule has 0 unspecified atom stereocenters. The van der Waals surface area contributed by atoms with E-state index in [-0.39, 0.29) is 23.8 Å². The molecule has 2 heterocycles. The van der Waals surface area contributed by atoms with Gasteiger partial charge in [-0.25, -0.2) is 0 Å². The second-order valence-corrected chi connectivity index (χ2v) is 6.43. The number of rotatable bonds is 2. The SMILES string of the molecule is CC(=O)N1CCC[C@H](C(=O)N[C@@H]2CCCc3c2cnn3C)C1. The zero-order chi connectivity index (χ0) is 15.7. The molecule has 0 bridgehead atoms. The smallest absolute Gasteiger partial charge is 0.225 e. The fraction of sp³-hybridized carbons (Fsp3) is 0.688. The number of fused-ring (bicyclic) bond motifs is 1. The Labute approximate surface area is 130 Å². The van der Waals surface area contributed by atoms with Crippen LogP contribution in [-0.2, 0) is 23.1 Å². The number of carbonyl (C=O) groups is 2. The molecular formula is C16H24N4O2. The highest BCUT2D eigenvalue weighted by molar-refractivity contribution is 5.81. The molecule has 6 nitrogen and oxygen atoms in total. The number of piperidine rings is 1. The molecule has 6 heteroatoms. The molecule has 3 rings (SSSR count). The van der Waals surface area contributed by atoms with Crippen LogP contribution in [0.4, 0.5) is 0 Å². The number of nitrogens with zero attached hydrogens (tertiary/aromatic N) is 3. The van der Waals surface area contributed by atoms with Crippen LogP contribution in [0.1, 0.15) is 49.9 Å². The van der Waals surface area contributed by atoms with E-state index < -0.39 is 0 Å². The van der Waals surface area contributed by atoms with E-state index in [1.54, 1.807) is 11.8 Å². The van der Waals surface area contributed by atoms with Gasteiger partial charge in [-0.3, -0.25) is 14.3 Å². The molecule has 120 valence electrons. The average molecular weight is 304 g/mol. The first kappa shape index (κ1) is 15.1. The number of hydrogen-bond donors (Lipinski definition) is 1. The van der Waals surface area contributed by atoms with Gasteiger partial charge in [-0.15, -0.1) is 0 Å². The van der Waals surface area contributed by atoms with Gasteiger partial charge >= 0.3 is 0 Å². The first-order valence-electron chi connectivity index (χ1n) is 8.13. The quantitative estimate of drug-likeness (QED) is 0.892. The Bertz CT molecular complexity index is 581. The Hall–Kier alpha value is -1.85. The van der Waals surface area contributed by atoms with Gasteiger partial charge in [0.15, 0.2) is 0 Å². The second-order valence-electron chi connectivity index (χ2n) is 6.43. The lowest BCUT2D eigenvalue weighted by Gasteiger charge is -2.33. The number of hydrogen-bond acceptors (Lipinski definition) is 3. The molecule has 1 aliphatic carbocycles. The largest absolute Gasteiger partial charge is 0.349 e. The normalized spacial score (nSPS) is 24.7.